The molecule has 0 bridgehead atoms. The van der Waals surface area contributed by atoms with E-state index in [1.54, 1.807) is 18.2 Å². The van der Waals surface area contributed by atoms with Gasteiger partial charge in [-0.25, -0.2) is 0 Å². The van der Waals surface area contributed by atoms with Crippen molar-refractivity contribution in [3.8, 4) is 0 Å². The third kappa shape index (κ3) is 2.62. The number of hydrogen-bond acceptors (Lipinski definition) is 3. The van der Waals surface area contributed by atoms with Crippen LogP contribution in [0.15, 0.2) is 35.4 Å². The number of anilines is 1. The molecule has 1 heterocycles. The molecule has 2 rings (SSSR count). The second kappa shape index (κ2) is 4.04. The van der Waals surface area contributed by atoms with Gasteiger partial charge in [-0.2, -0.15) is 0 Å². The van der Waals surface area contributed by atoms with Crippen LogP contribution in [0.3, 0.4) is 0 Å². The predicted octanol–water partition coefficient (Wildman–Crippen LogP) is 5.24. The maximum absolute atomic E-state index is 12.5. The third-order valence-electron chi connectivity index (χ3n) is 1.94. The topological polar surface area (TPSA) is 24.8 Å². The van der Waals surface area contributed by atoms with Gasteiger partial charge in [-0.3, -0.25) is 0 Å². The molecular formula is C8H5Cl3F3N2OP. The van der Waals surface area contributed by atoms with Crippen LogP contribution in [0.25, 0.3) is 0 Å². The average Bonchev–Trinajstić information content (AvgIpc) is 2.50. The summed E-state index contributed by atoms with van der Waals surface area (Å²) in [7, 11) is 0. The second-order valence-electron chi connectivity index (χ2n) is 3.33. The van der Waals surface area contributed by atoms with Crippen LogP contribution in [0.5, 0.6) is 0 Å². The molecule has 0 aliphatic carbocycles. The summed E-state index contributed by atoms with van der Waals surface area (Å²) in [6.07, 6.45) is -4.81. The number of nitrogens with zero attached hydrogens (tertiary/aromatic N) is 2. The van der Waals surface area contributed by atoms with Gasteiger partial charge in [0.05, 0.1) is 0 Å². The predicted molar refractivity (Wildman–Crippen MR) is 68.0 cm³/mol. The Morgan fingerprint density at radius 3 is 2.11 bits per heavy atom. The minimum atomic E-state index is -4.81. The molecule has 0 radical (unpaired) electrons. The first-order valence-electron chi connectivity index (χ1n) is 4.47. The fourth-order valence-corrected chi connectivity index (χ4v) is 4.13. The number of hydrogen-bond donors (Lipinski definition) is 0. The van der Waals surface area contributed by atoms with Crippen molar-refractivity contribution in [2.75, 3.05) is 4.78 Å². The van der Waals surface area contributed by atoms with Crippen LogP contribution < -0.4 is 4.78 Å². The van der Waals surface area contributed by atoms with E-state index in [4.69, 9.17) is 33.7 Å². The van der Waals surface area contributed by atoms with Crippen molar-refractivity contribution in [1.29, 1.82) is 0 Å². The Hall–Kier alpha value is -0.420. The summed E-state index contributed by atoms with van der Waals surface area (Å²) in [4.78, 5) is 0. The average molecular weight is 339 g/mol. The minimum absolute atomic E-state index is 0.203. The fraction of sp³-hybridized carbons (Fsp3) is 0.125. The van der Waals surface area contributed by atoms with Crippen molar-refractivity contribution in [3.05, 3.63) is 30.3 Å². The Labute approximate surface area is 114 Å². The third-order valence-corrected chi connectivity index (χ3v) is 5.21. The van der Waals surface area contributed by atoms with E-state index in [0.29, 0.717) is 4.78 Å². The molecule has 0 aromatic heterocycles. The van der Waals surface area contributed by atoms with Crippen LogP contribution >= 0.6 is 38.8 Å². The molecule has 0 N–H and O–H groups in total. The molecule has 0 saturated carbocycles. The standard InChI is InChI=1S/C8H5Cl3F3N2OP/c9-18(10,11)16(6-4-2-1-3-5-6)15-7(17-18)8(12,13)14/h1-5H. The van der Waals surface area contributed by atoms with Gasteiger partial charge in [-0.15, -0.1) is 0 Å². The van der Waals surface area contributed by atoms with Crippen molar-refractivity contribution in [1.82, 2.24) is 0 Å². The maximum atomic E-state index is 12.5. The van der Waals surface area contributed by atoms with Gasteiger partial charge in [-0.1, -0.05) is 0 Å². The Kier molecular flexibility index (Phi) is 3.14. The van der Waals surface area contributed by atoms with Gasteiger partial charge in [0.25, 0.3) is 0 Å². The van der Waals surface area contributed by atoms with Gasteiger partial charge >= 0.3 is 114 Å². The summed E-state index contributed by atoms with van der Waals surface area (Å²) in [6, 6.07) is 7.74. The van der Waals surface area contributed by atoms with Gasteiger partial charge < -0.3 is 0 Å². The van der Waals surface area contributed by atoms with E-state index < -0.39 is 17.1 Å². The summed E-state index contributed by atoms with van der Waals surface area (Å²) in [6.45, 7) is 0. The van der Waals surface area contributed by atoms with Crippen LogP contribution in [0, 0.1) is 0 Å². The number of alkyl halides is 3. The van der Waals surface area contributed by atoms with Crippen LogP contribution in [0.1, 0.15) is 0 Å². The van der Waals surface area contributed by atoms with Gasteiger partial charge in [-0.05, 0) is 0 Å². The van der Waals surface area contributed by atoms with E-state index in [2.05, 4.69) is 9.63 Å². The van der Waals surface area contributed by atoms with E-state index in [9.17, 15) is 13.2 Å². The molecule has 0 atom stereocenters. The fourth-order valence-electron chi connectivity index (χ4n) is 1.25. The molecule has 100 valence electrons. The van der Waals surface area contributed by atoms with Crippen LogP contribution in [0.2, 0.25) is 0 Å². The Morgan fingerprint density at radius 1 is 1.11 bits per heavy atom. The van der Waals surface area contributed by atoms with Crippen LogP contribution in [0.4, 0.5) is 18.9 Å². The summed E-state index contributed by atoms with van der Waals surface area (Å²) in [5.41, 5.74) is 0.203. The molecule has 0 spiro atoms. The van der Waals surface area contributed by atoms with Crippen molar-refractivity contribution >= 4 is 50.3 Å². The number of hydrazone groups is 1. The monoisotopic (exact) mass is 338 g/mol. The molecule has 1 aliphatic heterocycles. The van der Waals surface area contributed by atoms with E-state index in [1.165, 1.54) is 12.1 Å². The van der Waals surface area contributed by atoms with Crippen molar-refractivity contribution in [2.45, 2.75) is 6.18 Å². The van der Waals surface area contributed by atoms with Gasteiger partial charge in [0.1, 0.15) is 0 Å². The number of para-hydroxylation sites is 1. The van der Waals surface area contributed by atoms with Crippen molar-refractivity contribution in [2.24, 2.45) is 5.10 Å². The molecule has 1 aliphatic rings. The van der Waals surface area contributed by atoms with Gasteiger partial charge in [0.2, 0.25) is 0 Å². The number of halogens is 6. The van der Waals surface area contributed by atoms with Gasteiger partial charge in [0, 0.05) is 0 Å². The van der Waals surface area contributed by atoms with Crippen LogP contribution in [-0.2, 0) is 4.52 Å². The summed E-state index contributed by atoms with van der Waals surface area (Å²) >= 11 is 17.3. The van der Waals surface area contributed by atoms with E-state index in [0.717, 1.165) is 0 Å². The molecule has 10 heteroatoms. The van der Waals surface area contributed by atoms with E-state index >= 15 is 0 Å². The number of rotatable bonds is 1. The zero-order valence-electron chi connectivity index (χ0n) is 8.40. The molecule has 0 unspecified atom stereocenters. The Bertz CT molecular complexity index is 500. The summed E-state index contributed by atoms with van der Waals surface area (Å²) in [5.74, 6) is -1.57. The first-order chi connectivity index (χ1) is 8.08. The van der Waals surface area contributed by atoms with E-state index in [1.807, 2.05) is 0 Å². The number of benzene rings is 1. The van der Waals surface area contributed by atoms with E-state index in [-0.39, 0.29) is 5.69 Å². The SMILES string of the molecule is FC(F)(F)C1=NN(c2ccccc2)P(Cl)(Cl)(Cl)O1. The molecule has 1 aromatic rings. The zero-order valence-corrected chi connectivity index (χ0v) is 11.6. The first-order valence-corrected chi connectivity index (χ1v) is 9.29. The van der Waals surface area contributed by atoms with Crippen molar-refractivity contribution < 1.29 is 17.7 Å². The molecule has 0 amide bonds. The van der Waals surface area contributed by atoms with Gasteiger partial charge in [0.15, 0.2) is 0 Å². The molecule has 1 aromatic carbocycles. The molecular weight excluding hydrogens is 334 g/mol. The summed E-state index contributed by atoms with van der Waals surface area (Å²) in [5, 5.41) is -1.51. The Morgan fingerprint density at radius 2 is 1.67 bits per heavy atom. The molecule has 0 fully saturated rings. The first kappa shape index (κ1) is 14.0. The second-order valence-corrected chi connectivity index (χ2v) is 12.5. The summed E-state index contributed by atoms with van der Waals surface area (Å²) < 4.78 is 42.7. The van der Waals surface area contributed by atoms with Crippen LogP contribution in [-0.4, -0.2) is 12.1 Å². The molecule has 3 nitrogen and oxygen atoms in total. The quantitative estimate of drug-likeness (QED) is 0.653. The molecule has 0 saturated heterocycles. The van der Waals surface area contributed by atoms with Crippen molar-refractivity contribution in [3.63, 3.8) is 0 Å². The molecule has 18 heavy (non-hydrogen) atoms. The normalized spacial score (nSPS) is 23.8. The Balaban J connectivity index is 2.48. The zero-order chi connectivity index (χ0) is 13.6.